The van der Waals surface area contributed by atoms with E-state index in [1.807, 2.05) is 0 Å². The number of hydrogen-bond donors (Lipinski definition) is 1. The summed E-state index contributed by atoms with van der Waals surface area (Å²) in [5.74, 6) is -0.482. The molecule has 0 spiro atoms. The summed E-state index contributed by atoms with van der Waals surface area (Å²) in [6, 6.07) is 12.2. The number of carbonyl (C=O) groups is 1. The van der Waals surface area contributed by atoms with E-state index in [-0.39, 0.29) is 24.7 Å². The molecular weight excluding hydrogens is 347 g/mol. The number of benzene rings is 2. The van der Waals surface area contributed by atoms with Crippen molar-refractivity contribution in [3.63, 3.8) is 0 Å². The van der Waals surface area contributed by atoms with Crippen molar-refractivity contribution < 1.29 is 22.3 Å². The van der Waals surface area contributed by atoms with Gasteiger partial charge in [-0.3, -0.25) is 9.10 Å². The van der Waals surface area contributed by atoms with Gasteiger partial charge < -0.3 is 10.1 Å². The van der Waals surface area contributed by atoms with E-state index in [2.05, 4.69) is 5.32 Å². The molecule has 2 rings (SSSR count). The van der Waals surface area contributed by atoms with Crippen molar-refractivity contribution in [2.24, 2.45) is 0 Å². The van der Waals surface area contributed by atoms with Crippen molar-refractivity contribution in [3.05, 3.63) is 59.9 Å². The fourth-order valence-electron chi connectivity index (χ4n) is 2.26. The van der Waals surface area contributed by atoms with Crippen LogP contribution in [0.4, 0.5) is 10.1 Å². The Morgan fingerprint density at radius 1 is 1.20 bits per heavy atom. The zero-order valence-corrected chi connectivity index (χ0v) is 14.7. The van der Waals surface area contributed by atoms with Crippen LogP contribution in [0.25, 0.3) is 0 Å². The third kappa shape index (κ3) is 4.93. The molecule has 0 aliphatic heterocycles. The number of halogens is 1. The zero-order chi connectivity index (χ0) is 18.4. The third-order valence-corrected chi connectivity index (χ3v) is 4.63. The van der Waals surface area contributed by atoms with Crippen LogP contribution in [0.1, 0.15) is 10.4 Å². The quantitative estimate of drug-likeness (QED) is 0.814. The number of amides is 1. The normalized spacial score (nSPS) is 11.0. The van der Waals surface area contributed by atoms with Crippen molar-refractivity contribution in [1.82, 2.24) is 5.32 Å². The van der Waals surface area contributed by atoms with E-state index in [0.29, 0.717) is 11.3 Å². The average Bonchev–Trinajstić information content (AvgIpc) is 2.58. The highest BCUT2D eigenvalue weighted by atomic mass is 32.2. The third-order valence-electron chi connectivity index (χ3n) is 3.45. The minimum absolute atomic E-state index is 0.0252. The number of hydrogen-bond acceptors (Lipinski definition) is 4. The monoisotopic (exact) mass is 366 g/mol. The molecule has 0 atom stereocenters. The molecule has 2 aromatic rings. The van der Waals surface area contributed by atoms with Crippen LogP contribution in [0.5, 0.6) is 5.75 Å². The second kappa shape index (κ2) is 7.98. The maximum absolute atomic E-state index is 13.9. The molecule has 1 N–H and O–H groups in total. The molecule has 0 aliphatic rings. The van der Waals surface area contributed by atoms with Crippen molar-refractivity contribution in [2.45, 2.75) is 0 Å². The van der Waals surface area contributed by atoms with E-state index in [4.69, 9.17) is 4.74 Å². The van der Waals surface area contributed by atoms with Crippen LogP contribution in [-0.4, -0.2) is 40.8 Å². The van der Waals surface area contributed by atoms with Crippen LogP contribution in [0.15, 0.2) is 48.5 Å². The summed E-state index contributed by atoms with van der Waals surface area (Å²) in [5, 5.41) is 2.62. The second-order valence-electron chi connectivity index (χ2n) is 5.27. The molecule has 0 aliphatic carbocycles. The lowest BCUT2D eigenvalue weighted by Gasteiger charge is -2.23. The van der Waals surface area contributed by atoms with Gasteiger partial charge in [0.05, 0.1) is 25.6 Å². The Kier molecular flexibility index (Phi) is 5.97. The van der Waals surface area contributed by atoms with Crippen molar-refractivity contribution in [1.29, 1.82) is 0 Å². The van der Waals surface area contributed by atoms with Crippen LogP contribution < -0.4 is 14.4 Å². The molecule has 25 heavy (non-hydrogen) atoms. The molecule has 0 aromatic heterocycles. The lowest BCUT2D eigenvalue weighted by molar-refractivity contribution is 0.0954. The molecule has 8 heteroatoms. The predicted molar refractivity (Wildman–Crippen MR) is 93.9 cm³/mol. The molecule has 6 nitrogen and oxygen atoms in total. The van der Waals surface area contributed by atoms with Crippen LogP contribution >= 0.6 is 0 Å². The van der Waals surface area contributed by atoms with Gasteiger partial charge in [-0.05, 0) is 30.3 Å². The molecule has 0 saturated carbocycles. The number of methoxy groups -OCH3 is 1. The van der Waals surface area contributed by atoms with Gasteiger partial charge in [-0.1, -0.05) is 18.2 Å². The lowest BCUT2D eigenvalue weighted by atomic mass is 10.2. The number of para-hydroxylation sites is 1. The fourth-order valence-corrected chi connectivity index (χ4v) is 3.18. The predicted octanol–water partition coefficient (Wildman–Crippen LogP) is 2.03. The molecule has 0 radical (unpaired) electrons. The van der Waals surface area contributed by atoms with Crippen LogP contribution in [-0.2, 0) is 10.0 Å². The van der Waals surface area contributed by atoms with E-state index in [1.54, 1.807) is 30.3 Å². The first-order valence-electron chi connectivity index (χ1n) is 7.47. The summed E-state index contributed by atoms with van der Waals surface area (Å²) in [6.45, 7) is -0.0626. The van der Waals surface area contributed by atoms with E-state index in [1.165, 1.54) is 25.3 Å². The number of carbonyl (C=O) groups excluding carboxylic acids is 1. The summed E-state index contributed by atoms with van der Waals surface area (Å²) < 4.78 is 43.8. The van der Waals surface area contributed by atoms with Gasteiger partial charge in [-0.2, -0.15) is 0 Å². The topological polar surface area (TPSA) is 75.7 Å². The molecule has 134 valence electrons. The summed E-state index contributed by atoms with van der Waals surface area (Å²) >= 11 is 0. The number of ether oxygens (including phenoxy) is 1. The standard InChI is InChI=1S/C17H19FN2O4S/c1-24-14-7-5-6-13(12-14)17(21)19-10-11-20(25(2,22)23)16-9-4-3-8-15(16)18/h3-9,12H,10-11H2,1-2H3,(H,19,21). The number of sulfonamides is 1. The van der Waals surface area contributed by atoms with E-state index in [0.717, 1.165) is 10.6 Å². The summed E-state index contributed by atoms with van der Waals surface area (Å²) in [4.78, 5) is 12.1. The van der Waals surface area contributed by atoms with Crippen molar-refractivity contribution in [2.75, 3.05) is 30.8 Å². The first kappa shape index (κ1) is 18.7. The highest BCUT2D eigenvalue weighted by Gasteiger charge is 2.20. The van der Waals surface area contributed by atoms with Crippen molar-refractivity contribution in [3.8, 4) is 5.75 Å². The van der Waals surface area contributed by atoms with Gasteiger partial charge >= 0.3 is 0 Å². The zero-order valence-electron chi connectivity index (χ0n) is 13.9. The molecule has 0 bridgehead atoms. The summed E-state index contributed by atoms with van der Waals surface area (Å²) in [5.41, 5.74) is 0.330. The average molecular weight is 366 g/mol. The van der Waals surface area contributed by atoms with E-state index in [9.17, 15) is 17.6 Å². The minimum atomic E-state index is -3.69. The Bertz CT molecular complexity index is 855. The number of nitrogens with one attached hydrogen (secondary N) is 1. The smallest absolute Gasteiger partial charge is 0.251 e. The maximum Gasteiger partial charge on any atom is 0.251 e. The van der Waals surface area contributed by atoms with Crippen LogP contribution in [0.3, 0.4) is 0 Å². The molecule has 0 fully saturated rings. The van der Waals surface area contributed by atoms with Gasteiger partial charge in [0.25, 0.3) is 5.91 Å². The van der Waals surface area contributed by atoms with Gasteiger partial charge in [0.2, 0.25) is 10.0 Å². The molecule has 0 unspecified atom stereocenters. The Morgan fingerprint density at radius 3 is 2.56 bits per heavy atom. The number of nitrogens with zero attached hydrogens (tertiary/aromatic N) is 1. The van der Waals surface area contributed by atoms with Gasteiger partial charge in [0.15, 0.2) is 0 Å². The fraction of sp³-hybridized carbons (Fsp3) is 0.235. The molecule has 0 heterocycles. The summed E-state index contributed by atoms with van der Waals surface area (Å²) in [6.07, 6.45) is 0.989. The molecular formula is C17H19FN2O4S. The van der Waals surface area contributed by atoms with Crippen molar-refractivity contribution >= 4 is 21.6 Å². The van der Waals surface area contributed by atoms with Crippen LogP contribution in [0.2, 0.25) is 0 Å². The first-order valence-corrected chi connectivity index (χ1v) is 9.32. The highest BCUT2D eigenvalue weighted by Crippen LogP contribution is 2.20. The Hall–Kier alpha value is -2.61. The Balaban J connectivity index is 2.07. The molecule has 1 amide bonds. The maximum atomic E-state index is 13.9. The largest absolute Gasteiger partial charge is 0.497 e. The lowest BCUT2D eigenvalue weighted by Crippen LogP contribution is -2.38. The minimum Gasteiger partial charge on any atom is -0.497 e. The number of rotatable bonds is 7. The van der Waals surface area contributed by atoms with Gasteiger partial charge in [-0.15, -0.1) is 0 Å². The van der Waals surface area contributed by atoms with Gasteiger partial charge in [0.1, 0.15) is 11.6 Å². The van der Waals surface area contributed by atoms with Gasteiger partial charge in [0, 0.05) is 12.1 Å². The highest BCUT2D eigenvalue weighted by molar-refractivity contribution is 7.92. The number of anilines is 1. The van der Waals surface area contributed by atoms with Crippen LogP contribution in [0, 0.1) is 5.82 Å². The molecule has 0 saturated heterocycles. The Labute approximate surface area is 146 Å². The SMILES string of the molecule is COc1cccc(C(=O)NCCN(c2ccccc2F)S(C)(=O)=O)c1. The second-order valence-corrected chi connectivity index (χ2v) is 7.18. The van der Waals surface area contributed by atoms with Gasteiger partial charge in [-0.25, -0.2) is 12.8 Å². The molecule has 2 aromatic carbocycles. The summed E-state index contributed by atoms with van der Waals surface area (Å²) in [7, 11) is -2.20. The van der Waals surface area contributed by atoms with E-state index < -0.39 is 15.8 Å². The first-order chi connectivity index (χ1) is 11.8. The van der Waals surface area contributed by atoms with E-state index >= 15 is 0 Å². The Morgan fingerprint density at radius 2 is 1.92 bits per heavy atom.